The van der Waals surface area contributed by atoms with Crippen LogP contribution >= 0.6 is 0 Å². The minimum absolute atomic E-state index is 0.0442. The van der Waals surface area contributed by atoms with E-state index in [1.165, 1.54) is 38.4 Å². The second-order valence-electron chi connectivity index (χ2n) is 10.3. The summed E-state index contributed by atoms with van der Waals surface area (Å²) in [6.07, 6.45) is 3.47. The molecule has 1 amide bonds. The van der Waals surface area contributed by atoms with Crippen molar-refractivity contribution in [3.05, 3.63) is 71.6 Å². The van der Waals surface area contributed by atoms with Gasteiger partial charge >= 0.3 is 17.0 Å². The fourth-order valence-electron chi connectivity index (χ4n) is 5.81. The maximum Gasteiger partial charge on any atom is 0.398 e. The summed E-state index contributed by atoms with van der Waals surface area (Å²) in [5.41, 5.74) is 1.94. The lowest BCUT2D eigenvalue weighted by atomic mass is 9.97. The molecule has 2 atom stereocenters. The third kappa shape index (κ3) is 4.61. The summed E-state index contributed by atoms with van der Waals surface area (Å²) in [6, 6.07) is 9.33. The molecule has 4 aromatic rings. The van der Waals surface area contributed by atoms with Gasteiger partial charge in [-0.3, -0.25) is 9.35 Å². The van der Waals surface area contributed by atoms with Crippen LogP contribution in [0.1, 0.15) is 66.8 Å². The molecule has 0 saturated carbocycles. The molecule has 2 aromatic carbocycles. The summed E-state index contributed by atoms with van der Waals surface area (Å²) in [4.78, 5) is 28.6. The van der Waals surface area contributed by atoms with E-state index in [9.17, 15) is 22.0 Å². The average Bonchev–Trinajstić information content (AvgIpc) is 3.41. The Morgan fingerprint density at radius 1 is 1.12 bits per heavy atom. The Kier molecular flexibility index (Phi) is 6.32. The van der Waals surface area contributed by atoms with E-state index in [1.54, 1.807) is 11.0 Å². The fraction of sp³-hybridized carbons (Fsp3) is 0.333. The smallest absolute Gasteiger partial charge is 0.398 e. The van der Waals surface area contributed by atoms with Crippen LogP contribution in [-0.2, 0) is 20.2 Å². The Morgan fingerprint density at radius 2 is 1.85 bits per heavy atom. The monoisotopic (exact) mass is 585 g/mol. The van der Waals surface area contributed by atoms with Gasteiger partial charge in [-0.05, 0) is 50.6 Å². The second kappa shape index (κ2) is 9.53. The van der Waals surface area contributed by atoms with Crippen LogP contribution in [0.25, 0.3) is 22.2 Å². The maximum atomic E-state index is 13.5. The van der Waals surface area contributed by atoms with Crippen LogP contribution in [-0.4, -0.2) is 56.5 Å². The number of carbonyl (C=O) groups excluding carboxylic acids is 1. The van der Waals surface area contributed by atoms with E-state index < -0.39 is 28.7 Å². The van der Waals surface area contributed by atoms with E-state index in [-0.39, 0.29) is 23.5 Å². The Hall–Kier alpha value is -4.01. The third-order valence-electron chi connectivity index (χ3n) is 7.43. The first-order valence-corrected chi connectivity index (χ1v) is 14.2. The number of aromatic nitrogens is 4. The summed E-state index contributed by atoms with van der Waals surface area (Å²) in [5, 5.41) is 0. The third-order valence-corrected chi connectivity index (χ3v) is 8.06. The quantitative estimate of drug-likeness (QED) is 0.307. The molecule has 2 bridgehead atoms. The van der Waals surface area contributed by atoms with Crippen LogP contribution in [0.5, 0.6) is 5.75 Å². The summed E-state index contributed by atoms with van der Waals surface area (Å²) in [7, 11) is -4.73. The molecule has 2 aromatic heterocycles. The normalized spacial score (nSPS) is 18.5. The summed E-state index contributed by atoms with van der Waals surface area (Å²) in [5.74, 6) is 0.400. The molecule has 2 aliphatic rings. The van der Waals surface area contributed by atoms with Crippen molar-refractivity contribution in [2.45, 2.75) is 51.5 Å². The highest BCUT2D eigenvalue weighted by molar-refractivity contribution is 7.80. The van der Waals surface area contributed by atoms with Crippen LogP contribution in [0.2, 0.25) is 0 Å². The first kappa shape index (κ1) is 27.2. The first-order valence-electron chi connectivity index (χ1n) is 12.8. The van der Waals surface area contributed by atoms with Crippen molar-refractivity contribution in [3.8, 4) is 16.9 Å². The molecule has 0 aliphatic carbocycles. The van der Waals surface area contributed by atoms with Gasteiger partial charge in [0.2, 0.25) is 0 Å². The van der Waals surface area contributed by atoms with Gasteiger partial charge in [0.15, 0.2) is 5.82 Å². The van der Waals surface area contributed by atoms with Gasteiger partial charge in [-0.2, -0.15) is 17.2 Å². The molecule has 0 saturated heterocycles. The van der Waals surface area contributed by atoms with Gasteiger partial charge in [0.1, 0.15) is 17.2 Å². The fourth-order valence-corrected chi connectivity index (χ4v) is 6.41. The predicted molar refractivity (Wildman–Crippen MR) is 142 cm³/mol. The number of halogens is 2. The van der Waals surface area contributed by atoms with Crippen molar-refractivity contribution >= 4 is 27.3 Å². The van der Waals surface area contributed by atoms with Gasteiger partial charge < -0.3 is 14.2 Å². The molecule has 0 spiro atoms. The Morgan fingerprint density at radius 3 is 2.51 bits per heavy atom. The minimum atomic E-state index is -4.73. The maximum absolute atomic E-state index is 13.5. The van der Waals surface area contributed by atoms with E-state index >= 15 is 0 Å². The van der Waals surface area contributed by atoms with Gasteiger partial charge in [0.05, 0.1) is 23.1 Å². The largest absolute Gasteiger partial charge is 0.434 e. The molecule has 41 heavy (non-hydrogen) atoms. The Labute approximate surface area is 233 Å². The van der Waals surface area contributed by atoms with Crippen LogP contribution in [0.15, 0.2) is 48.8 Å². The zero-order valence-electron chi connectivity index (χ0n) is 22.2. The van der Waals surface area contributed by atoms with Crippen molar-refractivity contribution in [1.29, 1.82) is 0 Å². The van der Waals surface area contributed by atoms with Crippen LogP contribution in [0, 0.1) is 0 Å². The number of rotatable bonds is 7. The van der Waals surface area contributed by atoms with Crippen molar-refractivity contribution in [3.63, 3.8) is 0 Å². The van der Waals surface area contributed by atoms with Crippen molar-refractivity contribution in [1.82, 2.24) is 24.4 Å². The van der Waals surface area contributed by atoms with Crippen LogP contribution in [0.3, 0.4) is 0 Å². The van der Waals surface area contributed by atoms with Gasteiger partial charge in [-0.1, -0.05) is 12.1 Å². The number of fused-ring (bicyclic) bond motifs is 9. The number of nitrogens with zero attached hydrogens (tertiary/aromatic N) is 5. The molecule has 2 aliphatic heterocycles. The average molecular weight is 586 g/mol. The molecule has 1 unspecified atom stereocenters. The SMILES string of the molecule is CCN1C(=O)c2cccc(OC(F)F)c2C2C[C@@H]1c1nc3ccc(-c4cnc(C(C)(C)OS(=O)(=O)O)nc4)cc3n12. The van der Waals surface area contributed by atoms with E-state index in [1.807, 2.05) is 29.7 Å². The molecule has 4 heterocycles. The number of hydrogen-bond donors (Lipinski definition) is 1. The number of alkyl halides is 2. The number of amides is 1. The standard InChI is InChI=1S/C27H25F2N5O6S/c1-4-33-20-11-19(22-16(24(33)35)6-5-7-21(22)39-26(28)29)34-18-10-14(8-9-17(18)32-23(20)34)15-12-30-25(31-13-15)27(2,3)40-41(36,37)38/h5-10,12-13,19-20,26H,4,11H2,1-3H3,(H,36,37,38)/t19?,20-/m1/s1. The molecule has 1 N–H and O–H groups in total. The lowest BCUT2D eigenvalue weighted by molar-refractivity contribution is -0.0507. The molecule has 14 heteroatoms. The van der Waals surface area contributed by atoms with Crippen LogP contribution in [0.4, 0.5) is 8.78 Å². The zero-order valence-corrected chi connectivity index (χ0v) is 23.0. The van der Waals surface area contributed by atoms with E-state index in [2.05, 4.69) is 9.97 Å². The Bertz CT molecular complexity index is 1790. The predicted octanol–water partition coefficient (Wildman–Crippen LogP) is 4.66. The van der Waals surface area contributed by atoms with E-state index in [0.717, 1.165) is 11.1 Å². The van der Waals surface area contributed by atoms with Gasteiger partial charge in [-0.15, -0.1) is 0 Å². The molecule has 214 valence electrons. The first-order chi connectivity index (χ1) is 19.4. The highest BCUT2D eigenvalue weighted by Crippen LogP contribution is 2.50. The molecule has 6 rings (SSSR count). The second-order valence-corrected chi connectivity index (χ2v) is 11.3. The number of carbonyl (C=O) groups is 1. The summed E-state index contributed by atoms with van der Waals surface area (Å²) >= 11 is 0. The molecule has 11 nitrogen and oxygen atoms in total. The van der Waals surface area contributed by atoms with Gasteiger partial charge in [0, 0.05) is 42.0 Å². The van der Waals surface area contributed by atoms with E-state index in [4.69, 9.17) is 18.5 Å². The highest BCUT2D eigenvalue weighted by Gasteiger charge is 2.45. The topological polar surface area (TPSA) is 137 Å². The summed E-state index contributed by atoms with van der Waals surface area (Å²) in [6.45, 7) is 2.04. The zero-order chi connectivity index (χ0) is 29.3. The van der Waals surface area contributed by atoms with Gasteiger partial charge in [-0.25, -0.2) is 19.1 Å². The summed E-state index contributed by atoms with van der Waals surface area (Å²) < 4.78 is 69.8. The van der Waals surface area contributed by atoms with Crippen molar-refractivity contribution in [2.75, 3.05) is 6.54 Å². The van der Waals surface area contributed by atoms with Crippen molar-refractivity contribution in [2.24, 2.45) is 0 Å². The van der Waals surface area contributed by atoms with Crippen molar-refractivity contribution < 1.29 is 35.5 Å². The number of benzene rings is 2. The minimum Gasteiger partial charge on any atom is -0.434 e. The molecule has 0 radical (unpaired) electrons. The van der Waals surface area contributed by atoms with Gasteiger partial charge in [0.25, 0.3) is 5.91 Å². The molecular formula is C27H25F2N5O6S. The Balaban J connectivity index is 1.46. The number of hydrogen-bond acceptors (Lipinski definition) is 8. The van der Waals surface area contributed by atoms with Crippen LogP contribution < -0.4 is 4.74 Å². The lowest BCUT2D eigenvalue weighted by Crippen LogP contribution is -2.34. The lowest BCUT2D eigenvalue weighted by Gasteiger charge is -2.27. The number of imidazole rings is 1. The van der Waals surface area contributed by atoms with E-state index in [0.29, 0.717) is 41.0 Å². The molecular weight excluding hydrogens is 560 g/mol. The number of ether oxygens (including phenoxy) is 1. The highest BCUT2D eigenvalue weighted by atomic mass is 32.3. The molecule has 0 fully saturated rings.